The van der Waals surface area contributed by atoms with Gasteiger partial charge in [0.15, 0.2) is 22.8 Å². The number of imide groups is 1. The van der Waals surface area contributed by atoms with Gasteiger partial charge in [-0.2, -0.15) is 9.29 Å². The monoisotopic (exact) mass is 1050 g/mol. The van der Waals surface area contributed by atoms with E-state index in [1.807, 2.05) is 44.2 Å². The topological polar surface area (TPSA) is 229 Å². The number of aliphatic carboxylic acids is 1. The summed E-state index contributed by atoms with van der Waals surface area (Å²) in [4.78, 5) is 71.0. The zero-order chi connectivity index (χ0) is 51.5. The number of nitrogens with one attached hydrogen (secondary N) is 2. The maximum Gasteiger partial charge on any atom is 0.349 e. The minimum Gasteiger partial charge on any atom is -0.479 e. The molecule has 73 heavy (non-hydrogen) atoms. The van der Waals surface area contributed by atoms with E-state index < -0.39 is 46.1 Å². The van der Waals surface area contributed by atoms with Crippen LogP contribution in [0.5, 0.6) is 5.75 Å². The summed E-state index contributed by atoms with van der Waals surface area (Å²) >= 11 is 7.45. The van der Waals surface area contributed by atoms with Gasteiger partial charge in [-0.25, -0.2) is 18.0 Å². The molecule has 380 valence electrons. The third kappa shape index (κ3) is 8.56. The predicted octanol–water partition coefficient (Wildman–Crippen LogP) is 8.88. The summed E-state index contributed by atoms with van der Waals surface area (Å²) in [7, 11) is -3.80. The van der Waals surface area contributed by atoms with Gasteiger partial charge < -0.3 is 29.6 Å². The Balaban J connectivity index is 0.771. The summed E-state index contributed by atoms with van der Waals surface area (Å²) in [5.41, 5.74) is 4.73. The van der Waals surface area contributed by atoms with Gasteiger partial charge in [-0.3, -0.25) is 24.6 Å². The number of benzene rings is 4. The van der Waals surface area contributed by atoms with Crippen LogP contribution in [0.2, 0.25) is 5.02 Å². The van der Waals surface area contributed by atoms with Crippen LogP contribution < -0.4 is 25.2 Å². The maximum absolute atomic E-state index is 14.3. The first-order chi connectivity index (χ1) is 34.7. The summed E-state index contributed by atoms with van der Waals surface area (Å²) in [6.45, 7) is 8.68. The largest absolute Gasteiger partial charge is 0.479 e. The second kappa shape index (κ2) is 17.8. The molecule has 5 unspecified atom stereocenters. The Bertz CT molecular complexity index is 3440. The van der Waals surface area contributed by atoms with E-state index in [-0.39, 0.29) is 81.9 Å². The van der Waals surface area contributed by atoms with Crippen molar-refractivity contribution in [2.24, 2.45) is 11.3 Å². The Labute approximate surface area is 429 Å². The van der Waals surface area contributed by atoms with Crippen LogP contribution in [0.1, 0.15) is 103 Å². The highest BCUT2D eigenvalue weighted by molar-refractivity contribution is 7.88. The van der Waals surface area contributed by atoms with Gasteiger partial charge in [0.05, 0.1) is 16.3 Å². The van der Waals surface area contributed by atoms with Crippen molar-refractivity contribution in [1.82, 2.24) is 14.6 Å². The van der Waals surface area contributed by atoms with Crippen molar-refractivity contribution in [2.45, 2.75) is 102 Å². The molecule has 0 radical (unpaired) electrons. The highest BCUT2D eigenvalue weighted by Crippen LogP contribution is 2.57. The van der Waals surface area contributed by atoms with E-state index in [1.54, 1.807) is 39.5 Å². The number of nitrogens with zero attached hydrogens (tertiary/aromatic N) is 4. The number of thiophene rings is 1. The standard InChI is InChI=1S/C53H53ClN6O11S2/c1-52(2)23-31-21-35(32-12-13-38-43-33(32)9-6-10-34(43)49(65)60(38)39-14-16-41(61)57-48(39)64)36(52)24-58(31)51-56-37-19-27(11-15-40(37)71-51)26-73(68,69)59-18-17-30(22-53(59,3)4)55-29-8-5-7-28(20-29)46-44(54)45(70-25-42(62)63)47(72-46)50(66)67/h5-13,15,19-20,30-31,35-36,39,55H,14,16-18,21-26H2,1-4H3,(H,62,63)(H,66,67)(H,57,61,64). The molecule has 4 aromatic carbocycles. The summed E-state index contributed by atoms with van der Waals surface area (Å²) in [6, 6.07) is 22.3. The molecule has 6 aliphatic rings. The van der Waals surface area contributed by atoms with Crippen LogP contribution in [-0.4, -0.2) is 101 Å². The van der Waals surface area contributed by atoms with E-state index in [9.17, 15) is 37.5 Å². The van der Waals surface area contributed by atoms with Gasteiger partial charge in [0.2, 0.25) is 21.8 Å². The SMILES string of the molecule is CC1(C)CC2CC(c3ccc4c5c(cccc35)C(=O)N4C3CCC(=O)NC3=O)C1CN2c1nc2cc(CS(=O)(=O)N3CCC(Nc4cccc(-c5sc(C(=O)O)c(OCC(=O)O)c5Cl)c4)CC3(C)C)ccc2o1. The van der Waals surface area contributed by atoms with Crippen LogP contribution in [0.3, 0.4) is 0 Å². The number of carboxylic acid groups (broad SMARTS) is 2. The van der Waals surface area contributed by atoms with Crippen molar-refractivity contribution in [1.29, 1.82) is 0 Å². The van der Waals surface area contributed by atoms with Gasteiger partial charge in [-0.15, -0.1) is 11.3 Å². The zero-order valence-corrected chi connectivity index (χ0v) is 42.8. The van der Waals surface area contributed by atoms with Gasteiger partial charge in [0.25, 0.3) is 11.9 Å². The third-order valence-electron chi connectivity index (χ3n) is 15.6. The highest BCUT2D eigenvalue weighted by atomic mass is 35.5. The number of aromatic nitrogens is 1. The summed E-state index contributed by atoms with van der Waals surface area (Å²) in [5, 5.41) is 26.6. The van der Waals surface area contributed by atoms with Crippen LogP contribution in [-0.2, 0) is 30.2 Å². The van der Waals surface area contributed by atoms with Crippen molar-refractivity contribution >= 4 is 102 Å². The molecule has 1 saturated carbocycles. The van der Waals surface area contributed by atoms with Crippen molar-refractivity contribution in [2.75, 3.05) is 34.8 Å². The second-order valence-electron chi connectivity index (χ2n) is 21.2. The zero-order valence-electron chi connectivity index (χ0n) is 40.4. The first-order valence-corrected chi connectivity index (χ1v) is 27.1. The molecule has 0 spiro atoms. The van der Waals surface area contributed by atoms with Gasteiger partial charge in [-0.05, 0) is 122 Å². The Morgan fingerprint density at radius 3 is 2.53 bits per heavy atom. The molecule has 7 heterocycles. The number of ether oxygens (including phenoxy) is 1. The minimum atomic E-state index is -3.80. The first-order valence-electron chi connectivity index (χ1n) is 24.3. The molecule has 12 rings (SSSR count). The molecular weight excluding hydrogens is 996 g/mol. The number of fused-ring (bicyclic) bond motifs is 4. The van der Waals surface area contributed by atoms with Gasteiger partial charge in [0.1, 0.15) is 16.6 Å². The number of piperidine rings is 4. The summed E-state index contributed by atoms with van der Waals surface area (Å²) in [6.07, 6.45) is 3.22. The van der Waals surface area contributed by atoms with Gasteiger partial charge in [-0.1, -0.05) is 61.8 Å². The van der Waals surface area contributed by atoms with Crippen molar-refractivity contribution in [3.63, 3.8) is 0 Å². The smallest absolute Gasteiger partial charge is 0.349 e. The molecule has 4 saturated heterocycles. The predicted molar refractivity (Wildman–Crippen MR) is 276 cm³/mol. The minimum absolute atomic E-state index is 0.00693. The van der Waals surface area contributed by atoms with Gasteiger partial charge >= 0.3 is 11.9 Å². The lowest BCUT2D eigenvalue weighted by molar-refractivity contribution is -0.139. The van der Waals surface area contributed by atoms with E-state index in [0.29, 0.717) is 63.8 Å². The molecule has 1 aliphatic carbocycles. The molecule has 20 heteroatoms. The van der Waals surface area contributed by atoms with E-state index in [2.05, 4.69) is 41.5 Å². The normalized spacial score (nSPS) is 23.6. The fourth-order valence-corrected chi connectivity index (χ4v) is 15.8. The van der Waals surface area contributed by atoms with Crippen LogP contribution in [0.15, 0.2) is 77.2 Å². The number of halogens is 1. The highest BCUT2D eigenvalue weighted by Gasteiger charge is 2.52. The lowest BCUT2D eigenvalue weighted by Crippen LogP contribution is -2.58. The second-order valence-corrected chi connectivity index (χ2v) is 24.5. The Hall–Kier alpha value is -6.54. The van der Waals surface area contributed by atoms with Crippen LogP contribution >= 0.6 is 22.9 Å². The number of aromatic carboxylic acids is 1. The quantitative estimate of drug-likeness (QED) is 0.0792. The van der Waals surface area contributed by atoms with E-state index >= 15 is 0 Å². The fourth-order valence-electron chi connectivity index (χ4n) is 12.4. The number of hydrogen-bond acceptors (Lipinski definition) is 13. The molecule has 5 atom stereocenters. The Morgan fingerprint density at radius 2 is 1.79 bits per heavy atom. The van der Waals surface area contributed by atoms with Crippen molar-refractivity contribution < 1.29 is 51.8 Å². The number of hydrogen-bond donors (Lipinski definition) is 4. The number of anilines is 3. The van der Waals surface area contributed by atoms with E-state index in [1.165, 1.54) is 5.56 Å². The molecule has 4 N–H and O–H groups in total. The van der Waals surface area contributed by atoms with Crippen molar-refractivity contribution in [3.8, 4) is 16.2 Å². The van der Waals surface area contributed by atoms with Crippen LogP contribution in [0.4, 0.5) is 17.4 Å². The molecule has 2 aromatic heterocycles. The number of amides is 3. The number of rotatable bonds is 13. The molecular formula is C53H53ClN6O11S2. The third-order valence-corrected chi connectivity index (χ3v) is 19.3. The number of carbonyl (C=O) groups is 5. The molecule has 3 amide bonds. The molecule has 6 aromatic rings. The molecule has 5 fully saturated rings. The van der Waals surface area contributed by atoms with Gasteiger partial charge in [0, 0.05) is 53.8 Å². The van der Waals surface area contributed by atoms with E-state index in [4.69, 9.17) is 30.8 Å². The lowest BCUT2D eigenvalue weighted by Gasteiger charge is -2.57. The number of sulfonamides is 1. The average Bonchev–Trinajstić information content (AvgIpc) is 3.99. The fraction of sp³-hybridized carbons (Fsp3) is 0.396. The van der Waals surface area contributed by atoms with Crippen molar-refractivity contribution in [3.05, 3.63) is 99.4 Å². The molecule has 17 nitrogen and oxygen atoms in total. The number of oxazole rings is 1. The average molecular weight is 1050 g/mol. The number of carbonyl (C=O) groups excluding carboxylic acids is 3. The molecule has 5 aliphatic heterocycles. The van der Waals surface area contributed by atoms with E-state index in [0.717, 1.165) is 40.6 Å². The summed E-state index contributed by atoms with van der Waals surface area (Å²) < 4.78 is 41.8. The van der Waals surface area contributed by atoms with Crippen LogP contribution in [0.25, 0.3) is 32.3 Å². The first kappa shape index (κ1) is 48.7. The lowest BCUT2D eigenvalue weighted by atomic mass is 9.57. The number of carboxylic acids is 2. The van der Waals surface area contributed by atoms with Crippen LogP contribution in [0, 0.1) is 11.3 Å². The Kier molecular flexibility index (Phi) is 11.9. The summed E-state index contributed by atoms with van der Waals surface area (Å²) in [5.74, 6) is -3.62. The Morgan fingerprint density at radius 1 is 1.00 bits per heavy atom. The maximum atomic E-state index is 14.3. The molecule has 2 bridgehead atoms.